The first-order valence-electron chi connectivity index (χ1n) is 22.3. The maximum absolute atomic E-state index is 7.00. The van der Waals surface area contributed by atoms with Gasteiger partial charge in [0.1, 0.15) is 11.2 Å². The van der Waals surface area contributed by atoms with E-state index >= 15 is 0 Å². The van der Waals surface area contributed by atoms with E-state index in [4.69, 9.17) is 4.42 Å². The Hall–Kier alpha value is -7.94. The highest BCUT2D eigenvalue weighted by Crippen LogP contribution is 2.57. The Kier molecular flexibility index (Phi) is 7.90. The molecule has 0 saturated heterocycles. The SMILES string of the molecule is CC1(C)c2ccccc2-c2ccc(N(c3ccccc3)c3cc4c(oc5cccc(-c6ccc7c(c6)C(c6ccccc6)(c6ccccc6)c6ccccc6-7)c54)c4ccccc34)cc21. The molecular formula is C62H43NO. The first-order chi connectivity index (χ1) is 31.5. The predicted molar refractivity (Wildman–Crippen MR) is 266 cm³/mol. The van der Waals surface area contributed by atoms with Crippen molar-refractivity contribution in [2.24, 2.45) is 0 Å². The summed E-state index contributed by atoms with van der Waals surface area (Å²) in [4.78, 5) is 2.45. The van der Waals surface area contributed by atoms with Crippen molar-refractivity contribution in [3.05, 3.63) is 258 Å². The summed E-state index contributed by atoms with van der Waals surface area (Å²) < 4.78 is 7.00. The van der Waals surface area contributed by atoms with Crippen LogP contribution in [0.15, 0.2) is 229 Å². The molecule has 0 unspecified atom stereocenters. The summed E-state index contributed by atoms with van der Waals surface area (Å²) in [6, 6.07) is 82.6. The van der Waals surface area contributed by atoms with E-state index in [9.17, 15) is 0 Å². The molecule has 11 aromatic rings. The fourth-order valence-corrected chi connectivity index (χ4v) is 11.5. The number of hydrogen-bond donors (Lipinski definition) is 0. The summed E-state index contributed by atoms with van der Waals surface area (Å²) in [7, 11) is 0. The van der Waals surface area contributed by atoms with Gasteiger partial charge in [-0.3, -0.25) is 0 Å². The van der Waals surface area contributed by atoms with Gasteiger partial charge in [-0.05, 0) is 109 Å². The van der Waals surface area contributed by atoms with E-state index in [1.807, 2.05) is 0 Å². The summed E-state index contributed by atoms with van der Waals surface area (Å²) in [5.41, 5.74) is 19.8. The highest BCUT2D eigenvalue weighted by molar-refractivity contribution is 6.22. The van der Waals surface area contributed by atoms with Crippen LogP contribution in [0.3, 0.4) is 0 Å². The third kappa shape index (κ3) is 5.08. The molecule has 0 aliphatic heterocycles. The Morgan fingerprint density at radius 2 is 0.938 bits per heavy atom. The van der Waals surface area contributed by atoms with E-state index in [-0.39, 0.29) is 5.41 Å². The Bertz CT molecular complexity index is 3600. The van der Waals surface area contributed by atoms with E-state index in [0.717, 1.165) is 60.9 Å². The molecular weight excluding hydrogens is 775 g/mol. The molecule has 0 spiro atoms. The molecule has 2 nitrogen and oxygen atoms in total. The van der Waals surface area contributed by atoms with Crippen molar-refractivity contribution in [2.45, 2.75) is 24.7 Å². The number of hydrogen-bond acceptors (Lipinski definition) is 2. The van der Waals surface area contributed by atoms with E-state index in [1.165, 1.54) is 55.6 Å². The van der Waals surface area contributed by atoms with Crippen molar-refractivity contribution in [2.75, 3.05) is 4.90 Å². The van der Waals surface area contributed by atoms with E-state index in [0.29, 0.717) is 0 Å². The Morgan fingerprint density at radius 1 is 0.375 bits per heavy atom. The minimum Gasteiger partial charge on any atom is -0.455 e. The zero-order valence-corrected chi connectivity index (χ0v) is 35.7. The third-order valence-electron chi connectivity index (χ3n) is 14.3. The summed E-state index contributed by atoms with van der Waals surface area (Å²) >= 11 is 0. The molecule has 0 N–H and O–H groups in total. The van der Waals surface area contributed by atoms with Gasteiger partial charge in [0, 0.05) is 38.3 Å². The Labute approximate surface area is 373 Å². The molecule has 0 fully saturated rings. The highest BCUT2D eigenvalue weighted by atomic mass is 16.3. The molecule has 0 atom stereocenters. The lowest BCUT2D eigenvalue weighted by atomic mass is 9.67. The number of anilines is 3. The largest absolute Gasteiger partial charge is 0.455 e. The van der Waals surface area contributed by atoms with Crippen LogP contribution in [-0.2, 0) is 10.8 Å². The minimum atomic E-state index is -0.498. The van der Waals surface area contributed by atoms with Crippen LogP contribution in [0.25, 0.3) is 66.1 Å². The first kappa shape index (κ1) is 36.7. The number of furan rings is 1. The molecule has 0 bridgehead atoms. The monoisotopic (exact) mass is 817 g/mol. The molecule has 1 heterocycles. The van der Waals surface area contributed by atoms with Crippen molar-refractivity contribution in [3.8, 4) is 33.4 Å². The lowest BCUT2D eigenvalue weighted by molar-refractivity contribution is 0.660. The Balaban J connectivity index is 1.06. The highest BCUT2D eigenvalue weighted by Gasteiger charge is 2.46. The smallest absolute Gasteiger partial charge is 0.143 e. The molecule has 2 aliphatic carbocycles. The fourth-order valence-electron chi connectivity index (χ4n) is 11.5. The summed E-state index contributed by atoms with van der Waals surface area (Å²) in [6.07, 6.45) is 0. The van der Waals surface area contributed by atoms with Gasteiger partial charge >= 0.3 is 0 Å². The van der Waals surface area contributed by atoms with Gasteiger partial charge in [-0.2, -0.15) is 0 Å². The summed E-state index contributed by atoms with van der Waals surface area (Å²) in [5, 5.41) is 4.43. The summed E-state index contributed by atoms with van der Waals surface area (Å²) in [6.45, 7) is 4.71. The quantitative estimate of drug-likeness (QED) is 0.166. The van der Waals surface area contributed by atoms with Crippen LogP contribution in [0.5, 0.6) is 0 Å². The Morgan fingerprint density at radius 3 is 1.67 bits per heavy atom. The van der Waals surface area contributed by atoms with E-state index < -0.39 is 5.41 Å². The predicted octanol–water partition coefficient (Wildman–Crippen LogP) is 16.5. The minimum absolute atomic E-state index is 0.137. The molecule has 2 heteroatoms. The van der Waals surface area contributed by atoms with Crippen molar-refractivity contribution < 1.29 is 4.42 Å². The van der Waals surface area contributed by atoms with Crippen LogP contribution in [0, 0.1) is 0 Å². The summed E-state index contributed by atoms with van der Waals surface area (Å²) in [5.74, 6) is 0. The second kappa shape index (κ2) is 13.8. The van der Waals surface area contributed by atoms with Gasteiger partial charge in [-0.25, -0.2) is 0 Å². The number of rotatable bonds is 6. The van der Waals surface area contributed by atoms with E-state index in [1.54, 1.807) is 0 Å². The molecule has 0 saturated carbocycles. The topological polar surface area (TPSA) is 16.4 Å². The van der Waals surface area contributed by atoms with Crippen LogP contribution >= 0.6 is 0 Å². The van der Waals surface area contributed by atoms with Crippen molar-refractivity contribution in [1.29, 1.82) is 0 Å². The zero-order chi connectivity index (χ0) is 42.6. The molecule has 2 aliphatic rings. The maximum atomic E-state index is 7.00. The van der Waals surface area contributed by atoms with Gasteiger partial charge < -0.3 is 9.32 Å². The van der Waals surface area contributed by atoms with Gasteiger partial charge in [0.2, 0.25) is 0 Å². The number of fused-ring (bicyclic) bond motifs is 11. The van der Waals surface area contributed by atoms with Gasteiger partial charge in [-0.1, -0.05) is 196 Å². The van der Waals surface area contributed by atoms with E-state index in [2.05, 4.69) is 243 Å². The van der Waals surface area contributed by atoms with Crippen LogP contribution in [0.2, 0.25) is 0 Å². The lowest BCUT2D eigenvalue weighted by Crippen LogP contribution is -2.28. The lowest BCUT2D eigenvalue weighted by Gasteiger charge is -2.34. The molecule has 0 radical (unpaired) electrons. The average molecular weight is 818 g/mol. The van der Waals surface area contributed by atoms with Crippen molar-refractivity contribution in [1.82, 2.24) is 0 Å². The molecule has 0 amide bonds. The van der Waals surface area contributed by atoms with Crippen molar-refractivity contribution >= 4 is 49.8 Å². The van der Waals surface area contributed by atoms with Crippen molar-refractivity contribution in [3.63, 3.8) is 0 Å². The third-order valence-corrected chi connectivity index (χ3v) is 14.3. The molecule has 64 heavy (non-hydrogen) atoms. The molecule has 10 aromatic carbocycles. The van der Waals surface area contributed by atoms with Gasteiger partial charge in [0.05, 0.1) is 11.1 Å². The van der Waals surface area contributed by atoms with Gasteiger partial charge in [0.25, 0.3) is 0 Å². The second-order valence-corrected chi connectivity index (χ2v) is 18.0. The standard InChI is InChI=1S/C62H43NO/c1-61(2)53-30-16-14-25-46(53)48-36-34-44(38-55(48)61)63(43-23-10-5-11-24-43)57-39-52-59-45(29-18-32-58(59)64-60(52)51-28-13-12-27-50(51)57)40-33-35-49-47-26-15-17-31-54(47)62(56(49)37-40,41-19-6-3-7-20-41)42-21-8-4-9-22-42/h3-39H,1-2H3. The van der Waals surface area contributed by atoms with Crippen LogP contribution in [0.4, 0.5) is 17.1 Å². The van der Waals surface area contributed by atoms with Crippen LogP contribution in [0.1, 0.15) is 47.2 Å². The average Bonchev–Trinajstić information content (AvgIpc) is 3.96. The van der Waals surface area contributed by atoms with Gasteiger partial charge in [-0.15, -0.1) is 0 Å². The van der Waals surface area contributed by atoms with Crippen LogP contribution in [-0.4, -0.2) is 0 Å². The fraction of sp³-hybridized carbons (Fsp3) is 0.0645. The molecule has 1 aromatic heterocycles. The molecule has 302 valence electrons. The van der Waals surface area contributed by atoms with Crippen LogP contribution < -0.4 is 4.90 Å². The second-order valence-electron chi connectivity index (χ2n) is 18.0. The number of para-hydroxylation sites is 1. The first-order valence-corrected chi connectivity index (χ1v) is 22.3. The number of nitrogens with zero attached hydrogens (tertiary/aromatic N) is 1. The molecule has 13 rings (SSSR count). The number of benzene rings is 10. The normalized spacial score (nSPS) is 14.0. The van der Waals surface area contributed by atoms with Gasteiger partial charge in [0.15, 0.2) is 0 Å². The maximum Gasteiger partial charge on any atom is 0.143 e. The zero-order valence-electron chi connectivity index (χ0n) is 35.7.